The fourth-order valence-corrected chi connectivity index (χ4v) is 10.2. The van der Waals surface area contributed by atoms with E-state index in [1.807, 2.05) is 0 Å². The molecule has 0 aromatic heterocycles. The van der Waals surface area contributed by atoms with Crippen LogP contribution in [0.5, 0.6) is 0 Å². The third kappa shape index (κ3) is 65.7. The Hall–Kier alpha value is -3.15. The lowest BCUT2D eigenvalue weighted by Crippen LogP contribution is -2.30. The highest BCUT2D eigenvalue weighted by Gasteiger charge is 2.19. The molecule has 6 nitrogen and oxygen atoms in total. The van der Waals surface area contributed by atoms with E-state index in [1.54, 1.807) is 0 Å². The molecule has 0 aromatic carbocycles. The molecule has 0 aromatic rings. The second-order valence-corrected chi connectivity index (χ2v) is 23.4. The van der Waals surface area contributed by atoms with E-state index in [9.17, 15) is 14.4 Å². The smallest absolute Gasteiger partial charge is 0.306 e. The Morgan fingerprint density at radius 1 is 0.263 bits per heavy atom. The zero-order valence-corrected chi connectivity index (χ0v) is 53.3. The highest BCUT2D eigenvalue weighted by Crippen LogP contribution is 2.18. The molecule has 0 heterocycles. The highest BCUT2D eigenvalue weighted by atomic mass is 16.6. The van der Waals surface area contributed by atoms with Crippen molar-refractivity contribution in [3.8, 4) is 0 Å². The third-order valence-corrected chi connectivity index (χ3v) is 15.4. The van der Waals surface area contributed by atoms with Crippen molar-refractivity contribution in [2.75, 3.05) is 13.2 Å². The monoisotopic (exact) mass is 1120 g/mol. The van der Waals surface area contributed by atoms with E-state index < -0.39 is 6.10 Å². The molecule has 0 N–H and O–H groups in total. The maximum atomic E-state index is 13.0. The summed E-state index contributed by atoms with van der Waals surface area (Å²) >= 11 is 0. The molecule has 0 spiro atoms. The van der Waals surface area contributed by atoms with E-state index in [-0.39, 0.29) is 31.1 Å². The van der Waals surface area contributed by atoms with E-state index in [1.165, 1.54) is 231 Å². The van der Waals surface area contributed by atoms with Crippen LogP contribution in [-0.4, -0.2) is 37.2 Å². The van der Waals surface area contributed by atoms with E-state index in [0.29, 0.717) is 19.3 Å². The first-order valence-corrected chi connectivity index (χ1v) is 34.9. The van der Waals surface area contributed by atoms with Gasteiger partial charge in [-0.2, -0.15) is 0 Å². The molecule has 80 heavy (non-hydrogen) atoms. The summed E-state index contributed by atoms with van der Waals surface area (Å²) in [6, 6.07) is 0. The molecule has 6 heteroatoms. The summed E-state index contributed by atoms with van der Waals surface area (Å²) in [6.45, 7) is 6.57. The van der Waals surface area contributed by atoms with Crippen LogP contribution < -0.4 is 0 Å². The summed E-state index contributed by atoms with van der Waals surface area (Å²) < 4.78 is 17.0. The number of unbranched alkanes of at least 4 members (excludes halogenated alkanes) is 41. The summed E-state index contributed by atoms with van der Waals surface area (Å²) in [7, 11) is 0. The van der Waals surface area contributed by atoms with Crippen LogP contribution in [0.1, 0.15) is 361 Å². The van der Waals surface area contributed by atoms with Crippen LogP contribution in [0.4, 0.5) is 0 Å². The molecule has 0 amide bonds. The normalized spacial score (nSPS) is 12.5. The Morgan fingerprint density at radius 3 is 0.762 bits per heavy atom. The number of hydrogen-bond acceptors (Lipinski definition) is 6. The minimum Gasteiger partial charge on any atom is -0.462 e. The van der Waals surface area contributed by atoms with Gasteiger partial charge in [0.05, 0.1) is 0 Å². The van der Waals surface area contributed by atoms with Crippen LogP contribution in [-0.2, 0) is 28.6 Å². The van der Waals surface area contributed by atoms with Gasteiger partial charge in [0.1, 0.15) is 13.2 Å². The van der Waals surface area contributed by atoms with Gasteiger partial charge in [0, 0.05) is 19.3 Å². The van der Waals surface area contributed by atoms with Crippen LogP contribution in [0.2, 0.25) is 0 Å². The maximum absolute atomic E-state index is 13.0. The second-order valence-electron chi connectivity index (χ2n) is 23.4. The van der Waals surface area contributed by atoms with E-state index in [2.05, 4.69) is 93.7 Å². The fraction of sp³-hybridized carbons (Fsp3) is 0.797. The quantitative estimate of drug-likeness (QED) is 0.0261. The van der Waals surface area contributed by atoms with Crippen LogP contribution in [0.25, 0.3) is 0 Å². The largest absolute Gasteiger partial charge is 0.462 e. The molecule has 0 radical (unpaired) electrons. The number of carbonyl (C=O) groups excluding carboxylic acids is 3. The average Bonchev–Trinajstić information content (AvgIpc) is 3.46. The molecule has 1 unspecified atom stereocenters. The maximum Gasteiger partial charge on any atom is 0.306 e. The van der Waals surface area contributed by atoms with E-state index in [4.69, 9.17) is 14.2 Å². The van der Waals surface area contributed by atoms with Crippen LogP contribution >= 0.6 is 0 Å². The molecule has 1 atom stereocenters. The molecule has 0 fully saturated rings. The lowest BCUT2D eigenvalue weighted by molar-refractivity contribution is -0.167. The van der Waals surface area contributed by atoms with E-state index in [0.717, 1.165) is 89.9 Å². The van der Waals surface area contributed by atoms with Gasteiger partial charge in [-0.15, -0.1) is 0 Å². The van der Waals surface area contributed by atoms with E-state index >= 15 is 0 Å². The van der Waals surface area contributed by atoms with Crippen molar-refractivity contribution in [1.82, 2.24) is 0 Å². The minimum absolute atomic E-state index is 0.0720. The van der Waals surface area contributed by atoms with Gasteiger partial charge < -0.3 is 14.2 Å². The predicted molar refractivity (Wildman–Crippen MR) is 348 cm³/mol. The van der Waals surface area contributed by atoms with Crippen molar-refractivity contribution in [3.05, 3.63) is 72.9 Å². The minimum atomic E-state index is -0.777. The average molecular weight is 1120 g/mol. The SMILES string of the molecule is CC/C=C\C/C=C\C/C=C\C/C=C\CCCCCCCCCCCCCCC(=O)OCC(COC(=O)CCCCCCCCCCCCCCCC)OC(=O)CCCCCCCCCCCCC/C=C\C/C=C\CCCCCCC. The van der Waals surface area contributed by atoms with Crippen LogP contribution in [0, 0.1) is 0 Å². The number of ether oxygens (including phenoxy) is 3. The summed E-state index contributed by atoms with van der Waals surface area (Å²) in [4.78, 5) is 38.4. The lowest BCUT2D eigenvalue weighted by atomic mass is 10.0. The summed E-state index contributed by atoms with van der Waals surface area (Å²) in [6.07, 6.45) is 89.2. The summed E-state index contributed by atoms with van der Waals surface area (Å²) in [5.41, 5.74) is 0. The van der Waals surface area contributed by atoms with Gasteiger partial charge in [0.2, 0.25) is 0 Å². The zero-order chi connectivity index (χ0) is 57.8. The van der Waals surface area contributed by atoms with Gasteiger partial charge in [0.25, 0.3) is 0 Å². The Kier molecular flexibility index (Phi) is 65.7. The van der Waals surface area contributed by atoms with Crippen molar-refractivity contribution in [1.29, 1.82) is 0 Å². The highest BCUT2D eigenvalue weighted by molar-refractivity contribution is 5.71. The van der Waals surface area contributed by atoms with Crippen molar-refractivity contribution in [3.63, 3.8) is 0 Å². The number of esters is 3. The first kappa shape index (κ1) is 76.9. The van der Waals surface area contributed by atoms with Gasteiger partial charge in [-0.05, 0) is 89.9 Å². The van der Waals surface area contributed by atoms with Crippen molar-refractivity contribution < 1.29 is 28.6 Å². The molecule has 0 aliphatic rings. The molecular weight excluding hydrogens is 985 g/mol. The first-order valence-electron chi connectivity index (χ1n) is 34.9. The molecule has 0 bridgehead atoms. The molecule has 0 saturated heterocycles. The van der Waals surface area contributed by atoms with Gasteiger partial charge in [-0.3, -0.25) is 14.4 Å². The predicted octanol–water partition coefficient (Wildman–Crippen LogP) is 24.1. The molecule has 0 aliphatic carbocycles. The molecule has 0 saturated carbocycles. The van der Waals surface area contributed by atoms with Crippen LogP contribution in [0.15, 0.2) is 72.9 Å². The summed E-state index contributed by atoms with van der Waals surface area (Å²) in [5.74, 6) is -0.854. The number of hydrogen-bond donors (Lipinski definition) is 0. The zero-order valence-electron chi connectivity index (χ0n) is 53.3. The fourth-order valence-electron chi connectivity index (χ4n) is 10.2. The second kappa shape index (κ2) is 68.3. The molecular formula is C74H132O6. The van der Waals surface area contributed by atoms with Crippen molar-refractivity contribution in [2.24, 2.45) is 0 Å². The number of carbonyl (C=O) groups is 3. The van der Waals surface area contributed by atoms with Gasteiger partial charge in [-0.25, -0.2) is 0 Å². The number of allylic oxidation sites excluding steroid dienone is 12. The third-order valence-electron chi connectivity index (χ3n) is 15.4. The summed E-state index contributed by atoms with van der Waals surface area (Å²) in [5, 5.41) is 0. The Labute approximate surface area is 497 Å². The molecule has 464 valence electrons. The Bertz CT molecular complexity index is 1470. The van der Waals surface area contributed by atoms with Gasteiger partial charge in [-0.1, -0.05) is 325 Å². The molecule has 0 aliphatic heterocycles. The van der Waals surface area contributed by atoms with Gasteiger partial charge in [0.15, 0.2) is 6.10 Å². The molecule has 0 rings (SSSR count). The Morgan fingerprint density at radius 2 is 0.487 bits per heavy atom. The standard InChI is InChI=1S/C74H132O6/c1-4-7-10-13-16-19-22-25-28-30-32-34-36-37-39-40-42-44-46-49-52-55-58-61-64-67-73(76)79-70-71(69-78-72(75)66-63-60-57-54-51-48-27-24-21-18-15-12-9-6-3)80-74(77)68-65-62-59-56-53-50-47-45-43-41-38-35-33-31-29-26-23-20-17-14-11-8-5-2/h7,10,16,19,23,25-26,28,31-34,71H,4-6,8-9,11-15,17-18,20-22,24,27,29-30,35-70H2,1-3H3/b10-7-,19-16-,26-23-,28-25-,33-31-,34-32-. The van der Waals surface area contributed by atoms with Crippen molar-refractivity contribution >= 4 is 17.9 Å². The Balaban J connectivity index is 4.29. The topological polar surface area (TPSA) is 78.9 Å². The van der Waals surface area contributed by atoms with Crippen LogP contribution in [0.3, 0.4) is 0 Å². The van der Waals surface area contributed by atoms with Crippen molar-refractivity contribution in [2.45, 2.75) is 367 Å². The van der Waals surface area contributed by atoms with Gasteiger partial charge >= 0.3 is 17.9 Å². The number of rotatable bonds is 64. The lowest BCUT2D eigenvalue weighted by Gasteiger charge is -2.18. The first-order chi connectivity index (χ1) is 39.5.